The molecule has 0 aliphatic rings. The zero-order valence-corrected chi connectivity index (χ0v) is 16.1. The molecule has 0 radical (unpaired) electrons. The van der Waals surface area contributed by atoms with Crippen molar-refractivity contribution in [2.45, 2.75) is 20.5 Å². The lowest BCUT2D eigenvalue weighted by Crippen LogP contribution is -2.18. The van der Waals surface area contributed by atoms with Crippen LogP contribution < -0.4 is 5.32 Å². The predicted octanol–water partition coefficient (Wildman–Crippen LogP) is 4.21. The van der Waals surface area contributed by atoms with Crippen molar-refractivity contribution in [3.63, 3.8) is 0 Å². The molecule has 0 atom stereocenters. The van der Waals surface area contributed by atoms with E-state index in [4.69, 9.17) is 23.2 Å². The van der Waals surface area contributed by atoms with Crippen molar-refractivity contribution in [3.05, 3.63) is 69.3 Å². The van der Waals surface area contributed by atoms with Gasteiger partial charge >= 0.3 is 0 Å². The molecule has 0 saturated carbocycles. The summed E-state index contributed by atoms with van der Waals surface area (Å²) in [6.07, 6.45) is 1.49. The standard InChI is InChI=1S/C19H16Cl2N4O2/c1-10-7-13(9-26)23-11(2)17(10)25-19(27)18-22-6-5-16(24-18)14-8-12(20)3-4-15(14)21/h3-8,26H,9H2,1-2H3,(H,25,27). The highest BCUT2D eigenvalue weighted by Crippen LogP contribution is 2.29. The number of benzene rings is 1. The predicted molar refractivity (Wildman–Crippen MR) is 105 cm³/mol. The second-order valence-corrected chi connectivity index (χ2v) is 6.74. The lowest BCUT2D eigenvalue weighted by molar-refractivity contribution is 0.101. The van der Waals surface area contributed by atoms with Crippen LogP contribution in [0.5, 0.6) is 0 Å². The van der Waals surface area contributed by atoms with Gasteiger partial charge in [-0.25, -0.2) is 9.97 Å². The van der Waals surface area contributed by atoms with E-state index in [-0.39, 0.29) is 12.4 Å². The van der Waals surface area contributed by atoms with Crippen LogP contribution in [0.25, 0.3) is 11.3 Å². The van der Waals surface area contributed by atoms with Crippen LogP contribution in [-0.2, 0) is 6.61 Å². The molecule has 27 heavy (non-hydrogen) atoms. The molecule has 138 valence electrons. The Labute approximate surface area is 166 Å². The van der Waals surface area contributed by atoms with E-state index < -0.39 is 5.91 Å². The number of pyridine rings is 1. The first-order chi connectivity index (χ1) is 12.9. The highest BCUT2D eigenvalue weighted by Gasteiger charge is 2.16. The van der Waals surface area contributed by atoms with Gasteiger partial charge in [0.25, 0.3) is 5.91 Å². The van der Waals surface area contributed by atoms with E-state index in [2.05, 4.69) is 20.3 Å². The van der Waals surface area contributed by atoms with Gasteiger partial charge in [0, 0.05) is 16.8 Å². The normalized spacial score (nSPS) is 10.7. The van der Waals surface area contributed by atoms with Crippen LogP contribution in [0.3, 0.4) is 0 Å². The topological polar surface area (TPSA) is 88.0 Å². The number of aliphatic hydroxyl groups is 1. The van der Waals surface area contributed by atoms with E-state index in [0.29, 0.717) is 38.4 Å². The van der Waals surface area contributed by atoms with Crippen molar-refractivity contribution >= 4 is 34.8 Å². The van der Waals surface area contributed by atoms with Crippen molar-refractivity contribution in [1.29, 1.82) is 0 Å². The van der Waals surface area contributed by atoms with Gasteiger partial charge in [-0.05, 0) is 49.7 Å². The first-order valence-corrected chi connectivity index (χ1v) is 8.82. The van der Waals surface area contributed by atoms with E-state index in [0.717, 1.165) is 5.56 Å². The molecule has 3 aromatic rings. The monoisotopic (exact) mass is 402 g/mol. The second-order valence-electron chi connectivity index (χ2n) is 5.89. The third kappa shape index (κ3) is 4.24. The summed E-state index contributed by atoms with van der Waals surface area (Å²) in [6, 6.07) is 8.40. The minimum atomic E-state index is -0.472. The first kappa shape index (κ1) is 19.2. The fourth-order valence-electron chi connectivity index (χ4n) is 2.66. The largest absolute Gasteiger partial charge is 0.390 e. The summed E-state index contributed by atoms with van der Waals surface area (Å²) in [6.45, 7) is 3.42. The number of amides is 1. The molecule has 3 rings (SSSR count). The van der Waals surface area contributed by atoms with Gasteiger partial charge in [-0.15, -0.1) is 0 Å². The van der Waals surface area contributed by atoms with Crippen LogP contribution in [0.2, 0.25) is 10.0 Å². The van der Waals surface area contributed by atoms with Crippen LogP contribution in [0.15, 0.2) is 36.5 Å². The summed E-state index contributed by atoms with van der Waals surface area (Å²) in [5.74, 6) is -0.478. The zero-order valence-electron chi connectivity index (χ0n) is 14.6. The van der Waals surface area contributed by atoms with E-state index in [1.165, 1.54) is 6.20 Å². The summed E-state index contributed by atoms with van der Waals surface area (Å²) in [5, 5.41) is 13.0. The first-order valence-electron chi connectivity index (χ1n) is 8.07. The number of rotatable bonds is 4. The Morgan fingerprint density at radius 2 is 1.93 bits per heavy atom. The Hall–Kier alpha value is -2.54. The summed E-state index contributed by atoms with van der Waals surface area (Å²) in [4.78, 5) is 25.2. The fraction of sp³-hybridized carbons (Fsp3) is 0.158. The van der Waals surface area contributed by atoms with Gasteiger partial charge in [-0.1, -0.05) is 23.2 Å². The SMILES string of the molecule is Cc1cc(CO)nc(C)c1NC(=O)c1nccc(-c2cc(Cl)ccc2Cl)n1. The van der Waals surface area contributed by atoms with Gasteiger partial charge < -0.3 is 10.4 Å². The maximum atomic E-state index is 12.6. The molecular weight excluding hydrogens is 387 g/mol. The Morgan fingerprint density at radius 3 is 2.63 bits per heavy atom. The van der Waals surface area contributed by atoms with Crippen molar-refractivity contribution < 1.29 is 9.90 Å². The molecule has 0 saturated heterocycles. The molecule has 2 N–H and O–H groups in total. The van der Waals surface area contributed by atoms with Crippen LogP contribution in [0.1, 0.15) is 27.6 Å². The molecule has 0 spiro atoms. The Balaban J connectivity index is 1.92. The summed E-state index contributed by atoms with van der Waals surface area (Å²) >= 11 is 12.2. The molecular formula is C19H16Cl2N4O2. The molecule has 2 aromatic heterocycles. The number of aryl methyl sites for hydroxylation is 2. The van der Waals surface area contributed by atoms with E-state index in [9.17, 15) is 9.90 Å². The maximum Gasteiger partial charge on any atom is 0.293 e. The second kappa shape index (κ2) is 8.00. The number of hydrogen-bond donors (Lipinski definition) is 2. The maximum absolute atomic E-state index is 12.6. The Bertz CT molecular complexity index is 1000. The van der Waals surface area contributed by atoms with Crippen molar-refractivity contribution in [2.75, 3.05) is 5.32 Å². The molecule has 0 bridgehead atoms. The minimum Gasteiger partial charge on any atom is -0.390 e. The number of hydrogen-bond acceptors (Lipinski definition) is 5. The molecule has 8 heteroatoms. The average Bonchev–Trinajstić information content (AvgIpc) is 2.66. The molecule has 0 unspecified atom stereocenters. The number of nitrogens with zero attached hydrogens (tertiary/aromatic N) is 3. The van der Waals surface area contributed by atoms with Gasteiger partial charge in [-0.3, -0.25) is 9.78 Å². The lowest BCUT2D eigenvalue weighted by Gasteiger charge is -2.12. The third-order valence-corrected chi connectivity index (χ3v) is 4.48. The smallest absolute Gasteiger partial charge is 0.293 e. The number of nitrogens with one attached hydrogen (secondary N) is 1. The average molecular weight is 403 g/mol. The lowest BCUT2D eigenvalue weighted by atomic mass is 10.1. The summed E-state index contributed by atoms with van der Waals surface area (Å²) < 4.78 is 0. The molecule has 2 heterocycles. The van der Waals surface area contributed by atoms with Crippen LogP contribution in [-0.4, -0.2) is 26.0 Å². The van der Waals surface area contributed by atoms with Crippen LogP contribution in [0.4, 0.5) is 5.69 Å². The van der Waals surface area contributed by atoms with Crippen molar-refractivity contribution in [3.8, 4) is 11.3 Å². The Morgan fingerprint density at radius 1 is 1.15 bits per heavy atom. The molecule has 1 aromatic carbocycles. The molecule has 6 nitrogen and oxygen atoms in total. The summed E-state index contributed by atoms with van der Waals surface area (Å²) in [5.41, 5.74) is 3.59. The highest BCUT2D eigenvalue weighted by atomic mass is 35.5. The van der Waals surface area contributed by atoms with E-state index in [1.807, 2.05) is 6.92 Å². The van der Waals surface area contributed by atoms with E-state index >= 15 is 0 Å². The summed E-state index contributed by atoms with van der Waals surface area (Å²) in [7, 11) is 0. The minimum absolute atomic E-state index is 0.00595. The number of halogens is 2. The number of carbonyl (C=O) groups excluding carboxylic acids is 1. The number of aromatic nitrogens is 3. The third-order valence-electron chi connectivity index (χ3n) is 3.91. The van der Waals surface area contributed by atoms with Gasteiger partial charge in [0.05, 0.1) is 34.4 Å². The van der Waals surface area contributed by atoms with Gasteiger partial charge in [0.15, 0.2) is 0 Å². The zero-order chi connectivity index (χ0) is 19.6. The number of anilines is 1. The van der Waals surface area contributed by atoms with E-state index in [1.54, 1.807) is 37.3 Å². The number of carbonyl (C=O) groups is 1. The molecule has 0 fully saturated rings. The van der Waals surface area contributed by atoms with Crippen molar-refractivity contribution in [2.24, 2.45) is 0 Å². The quantitative estimate of drug-likeness (QED) is 0.682. The van der Waals surface area contributed by atoms with Gasteiger partial charge in [0.1, 0.15) is 0 Å². The molecule has 1 amide bonds. The fourth-order valence-corrected chi connectivity index (χ4v) is 3.05. The van der Waals surface area contributed by atoms with Crippen molar-refractivity contribution in [1.82, 2.24) is 15.0 Å². The van der Waals surface area contributed by atoms with Crippen LogP contribution in [0, 0.1) is 13.8 Å². The van der Waals surface area contributed by atoms with Gasteiger partial charge in [-0.2, -0.15) is 0 Å². The molecule has 0 aliphatic carbocycles. The Kier molecular flexibility index (Phi) is 5.70. The molecule has 0 aliphatic heterocycles. The highest BCUT2D eigenvalue weighted by molar-refractivity contribution is 6.35. The number of aliphatic hydroxyl groups excluding tert-OH is 1. The van der Waals surface area contributed by atoms with Gasteiger partial charge in [0.2, 0.25) is 5.82 Å². The van der Waals surface area contributed by atoms with Crippen LogP contribution >= 0.6 is 23.2 Å².